The van der Waals surface area contributed by atoms with Gasteiger partial charge in [-0.1, -0.05) is 12.2 Å². The summed E-state index contributed by atoms with van der Waals surface area (Å²) in [7, 11) is 2.84. The molecule has 25 heavy (non-hydrogen) atoms. The Morgan fingerprint density at radius 3 is 2.64 bits per heavy atom. The summed E-state index contributed by atoms with van der Waals surface area (Å²) in [5.41, 5.74) is 0. The van der Waals surface area contributed by atoms with Gasteiger partial charge in [-0.25, -0.2) is 4.79 Å². The van der Waals surface area contributed by atoms with Crippen molar-refractivity contribution in [1.29, 1.82) is 0 Å². The van der Waals surface area contributed by atoms with Crippen LogP contribution in [0.25, 0.3) is 0 Å². The summed E-state index contributed by atoms with van der Waals surface area (Å²) in [6.45, 7) is 1.98. The van der Waals surface area contributed by atoms with Crippen LogP contribution in [-0.2, 0) is 23.8 Å². The standard InChI is InChI=1S/C19H30O6/c1-14(20)7-5-4-6-8-15-11-16(25-13-23-2)12-17(15)18(21)9-10-19(22)24-3/h6,8-10,14-17,20H,4-5,7,11-13H2,1-3H3/b8-6+,10-9+/t14-,15+,16-,17+/m0/s1. The first-order valence-corrected chi connectivity index (χ1v) is 8.73. The predicted octanol–water partition coefficient (Wildman–Crippen LogP) is 2.41. The van der Waals surface area contributed by atoms with Gasteiger partial charge in [0.1, 0.15) is 6.79 Å². The van der Waals surface area contributed by atoms with Crippen molar-refractivity contribution < 1.29 is 28.9 Å². The predicted molar refractivity (Wildman–Crippen MR) is 93.8 cm³/mol. The number of carbonyl (C=O) groups excluding carboxylic acids is 2. The number of hydrogen-bond donors (Lipinski definition) is 1. The van der Waals surface area contributed by atoms with Gasteiger partial charge in [0.25, 0.3) is 0 Å². The maximum absolute atomic E-state index is 12.4. The van der Waals surface area contributed by atoms with Crippen LogP contribution in [0.1, 0.15) is 39.0 Å². The van der Waals surface area contributed by atoms with Crippen molar-refractivity contribution in [2.24, 2.45) is 11.8 Å². The Bertz CT molecular complexity index is 469. The minimum Gasteiger partial charge on any atom is -0.466 e. The molecule has 6 nitrogen and oxygen atoms in total. The molecule has 142 valence electrons. The van der Waals surface area contributed by atoms with E-state index in [9.17, 15) is 14.7 Å². The van der Waals surface area contributed by atoms with Crippen LogP contribution in [-0.4, -0.2) is 50.1 Å². The van der Waals surface area contributed by atoms with Gasteiger partial charge in [-0.05, 0) is 51.0 Å². The number of aliphatic hydroxyl groups excluding tert-OH is 1. The Kier molecular flexibility index (Phi) is 10.3. The fourth-order valence-corrected chi connectivity index (χ4v) is 3.01. The van der Waals surface area contributed by atoms with E-state index in [-0.39, 0.29) is 36.6 Å². The van der Waals surface area contributed by atoms with Crippen LogP contribution in [0.5, 0.6) is 0 Å². The fraction of sp³-hybridized carbons (Fsp3) is 0.684. The summed E-state index contributed by atoms with van der Waals surface area (Å²) in [6.07, 6.45) is 10.2. The van der Waals surface area contributed by atoms with Crippen LogP contribution in [0.3, 0.4) is 0 Å². The molecule has 0 bridgehead atoms. The molecule has 4 atom stereocenters. The highest BCUT2D eigenvalue weighted by Gasteiger charge is 2.36. The van der Waals surface area contributed by atoms with E-state index in [0.717, 1.165) is 31.8 Å². The molecule has 1 aliphatic rings. The minimum absolute atomic E-state index is 0.0347. The minimum atomic E-state index is -0.538. The van der Waals surface area contributed by atoms with E-state index in [4.69, 9.17) is 9.47 Å². The van der Waals surface area contributed by atoms with E-state index < -0.39 is 5.97 Å². The number of allylic oxidation sites excluding steroid dienone is 3. The number of carbonyl (C=O) groups is 2. The van der Waals surface area contributed by atoms with E-state index in [1.54, 1.807) is 14.0 Å². The Morgan fingerprint density at radius 2 is 2.00 bits per heavy atom. The van der Waals surface area contributed by atoms with Gasteiger partial charge in [-0.3, -0.25) is 4.79 Å². The van der Waals surface area contributed by atoms with Crippen molar-refractivity contribution in [1.82, 2.24) is 0 Å². The summed E-state index contributed by atoms with van der Waals surface area (Å²) in [4.78, 5) is 23.6. The lowest BCUT2D eigenvalue weighted by Gasteiger charge is -2.12. The molecule has 1 aliphatic carbocycles. The Hall–Kier alpha value is -1.50. The topological polar surface area (TPSA) is 82.1 Å². The molecule has 0 unspecified atom stereocenters. The molecule has 6 heteroatoms. The third-order valence-corrected chi connectivity index (χ3v) is 4.32. The monoisotopic (exact) mass is 354 g/mol. The van der Waals surface area contributed by atoms with Crippen molar-refractivity contribution in [3.05, 3.63) is 24.3 Å². The second kappa shape index (κ2) is 12.0. The summed E-state index contributed by atoms with van der Waals surface area (Å²) in [5, 5.41) is 9.28. The van der Waals surface area contributed by atoms with Crippen molar-refractivity contribution in [3.8, 4) is 0 Å². The Labute approximate surface area is 149 Å². The smallest absolute Gasteiger partial charge is 0.330 e. The lowest BCUT2D eigenvalue weighted by atomic mass is 9.91. The number of unbranched alkanes of at least 4 members (excludes halogenated alkanes) is 1. The molecule has 0 amide bonds. The zero-order valence-electron chi connectivity index (χ0n) is 15.3. The number of aliphatic hydroxyl groups is 1. The molecule has 0 aromatic rings. The van der Waals surface area contributed by atoms with Crippen molar-refractivity contribution >= 4 is 11.8 Å². The second-order valence-electron chi connectivity index (χ2n) is 6.40. The summed E-state index contributed by atoms with van der Waals surface area (Å²) < 4.78 is 15.1. The van der Waals surface area contributed by atoms with Crippen molar-refractivity contribution in [2.75, 3.05) is 21.0 Å². The van der Waals surface area contributed by atoms with Crippen LogP contribution in [0.4, 0.5) is 0 Å². The van der Waals surface area contributed by atoms with Crippen LogP contribution in [0, 0.1) is 11.8 Å². The first kappa shape index (κ1) is 21.5. The molecule has 1 fully saturated rings. The van der Waals surface area contributed by atoms with Crippen molar-refractivity contribution in [3.63, 3.8) is 0 Å². The molecular weight excluding hydrogens is 324 g/mol. The molecule has 0 saturated heterocycles. The van der Waals surface area contributed by atoms with Gasteiger partial charge in [0.05, 0.1) is 19.3 Å². The van der Waals surface area contributed by atoms with E-state index in [0.29, 0.717) is 6.42 Å². The quantitative estimate of drug-likeness (QED) is 0.202. The Morgan fingerprint density at radius 1 is 1.24 bits per heavy atom. The molecule has 0 heterocycles. The van der Waals surface area contributed by atoms with Gasteiger partial charge < -0.3 is 19.3 Å². The first-order chi connectivity index (χ1) is 12.0. The van der Waals surface area contributed by atoms with Gasteiger partial charge in [0.15, 0.2) is 5.78 Å². The SMILES string of the molecule is COCO[C@H]1C[C@@H](/C=C/CCC[C@H](C)O)[C@H](C(=O)/C=C/C(=O)OC)C1. The largest absolute Gasteiger partial charge is 0.466 e. The Balaban J connectivity index is 2.64. The normalized spacial score (nSPS) is 24.9. The third kappa shape index (κ3) is 8.43. The number of esters is 1. The summed E-state index contributed by atoms with van der Waals surface area (Å²) >= 11 is 0. The maximum atomic E-state index is 12.4. The number of ketones is 1. The average Bonchev–Trinajstić information content (AvgIpc) is 3.00. The molecule has 0 radical (unpaired) electrons. The third-order valence-electron chi connectivity index (χ3n) is 4.32. The molecule has 1 N–H and O–H groups in total. The second-order valence-corrected chi connectivity index (χ2v) is 6.40. The number of rotatable bonds is 11. The van der Waals surface area contributed by atoms with Crippen LogP contribution in [0.2, 0.25) is 0 Å². The van der Waals surface area contributed by atoms with E-state index >= 15 is 0 Å². The molecule has 0 aromatic heterocycles. The average molecular weight is 354 g/mol. The lowest BCUT2D eigenvalue weighted by Crippen LogP contribution is -2.16. The van der Waals surface area contributed by atoms with E-state index in [1.165, 1.54) is 13.2 Å². The molecule has 0 spiro atoms. The first-order valence-electron chi connectivity index (χ1n) is 8.73. The lowest BCUT2D eigenvalue weighted by molar-refractivity contribution is -0.135. The molecular formula is C19H30O6. The highest BCUT2D eigenvalue weighted by atomic mass is 16.7. The van der Waals surface area contributed by atoms with Crippen molar-refractivity contribution in [2.45, 2.75) is 51.2 Å². The van der Waals surface area contributed by atoms with Crippen LogP contribution < -0.4 is 0 Å². The number of hydrogen-bond acceptors (Lipinski definition) is 6. The van der Waals surface area contributed by atoms with Gasteiger partial charge in [-0.2, -0.15) is 0 Å². The molecule has 1 saturated carbocycles. The summed E-state index contributed by atoms with van der Waals surface area (Å²) in [6, 6.07) is 0. The highest BCUT2D eigenvalue weighted by molar-refractivity contribution is 5.97. The van der Waals surface area contributed by atoms with E-state index in [1.807, 2.05) is 0 Å². The number of ether oxygens (including phenoxy) is 3. The highest BCUT2D eigenvalue weighted by Crippen LogP contribution is 2.36. The van der Waals surface area contributed by atoms with Gasteiger partial charge in [0, 0.05) is 19.1 Å². The van der Waals surface area contributed by atoms with E-state index in [2.05, 4.69) is 16.9 Å². The zero-order valence-corrected chi connectivity index (χ0v) is 15.3. The zero-order chi connectivity index (χ0) is 18.7. The maximum Gasteiger partial charge on any atom is 0.330 e. The van der Waals surface area contributed by atoms with Crippen LogP contribution in [0.15, 0.2) is 24.3 Å². The molecule has 0 aliphatic heterocycles. The summed E-state index contributed by atoms with van der Waals surface area (Å²) in [5.74, 6) is -0.768. The van der Waals surface area contributed by atoms with Gasteiger partial charge >= 0.3 is 5.97 Å². The van der Waals surface area contributed by atoms with Gasteiger partial charge in [0.2, 0.25) is 0 Å². The fourth-order valence-electron chi connectivity index (χ4n) is 3.01. The molecule has 0 aromatic carbocycles. The van der Waals surface area contributed by atoms with Gasteiger partial charge in [-0.15, -0.1) is 0 Å². The number of methoxy groups -OCH3 is 2. The molecule has 1 rings (SSSR count). The van der Waals surface area contributed by atoms with Crippen LogP contribution >= 0.6 is 0 Å².